The molecule has 2 N–H and O–H groups in total. The van der Waals surface area contributed by atoms with Crippen molar-refractivity contribution < 1.29 is 14.0 Å². The standard InChI is InChI=1S/C18H21N5O3/c1-11-12(2)26-15(22-11)10-21-18(19-3)20-8-9-23-16(24)13-6-4-5-7-14(13)17(23)25/h4-7H,8-10H2,1-3H3,(H2,19,20,21). The van der Waals surface area contributed by atoms with Gasteiger partial charge in [-0.3, -0.25) is 19.5 Å². The number of nitrogens with one attached hydrogen (secondary N) is 2. The summed E-state index contributed by atoms with van der Waals surface area (Å²) in [4.78, 5) is 34.3. The number of carbonyl (C=O) groups excluding carboxylic acids is 2. The molecule has 2 amide bonds. The Bertz CT molecular complexity index is 817. The summed E-state index contributed by atoms with van der Waals surface area (Å²) in [5.74, 6) is 1.37. The molecule has 1 aliphatic rings. The first-order valence-corrected chi connectivity index (χ1v) is 8.34. The molecule has 8 nitrogen and oxygen atoms in total. The molecule has 8 heteroatoms. The van der Waals surface area contributed by atoms with Gasteiger partial charge in [0.25, 0.3) is 11.8 Å². The van der Waals surface area contributed by atoms with E-state index in [1.54, 1.807) is 31.3 Å². The number of aliphatic imine (C=N–C) groups is 1. The zero-order chi connectivity index (χ0) is 18.7. The fraction of sp³-hybridized carbons (Fsp3) is 0.333. The maximum atomic E-state index is 12.3. The third-order valence-electron chi connectivity index (χ3n) is 4.21. The van der Waals surface area contributed by atoms with Gasteiger partial charge in [0, 0.05) is 20.1 Å². The van der Waals surface area contributed by atoms with Crippen LogP contribution in [0.15, 0.2) is 33.7 Å². The number of imide groups is 1. The number of aryl methyl sites for hydroxylation is 2. The number of aromatic nitrogens is 1. The second-order valence-electron chi connectivity index (χ2n) is 5.91. The first-order chi connectivity index (χ1) is 12.5. The van der Waals surface area contributed by atoms with Crippen molar-refractivity contribution in [3.63, 3.8) is 0 Å². The van der Waals surface area contributed by atoms with Crippen LogP contribution in [0.5, 0.6) is 0 Å². The Morgan fingerprint density at radius 2 is 1.81 bits per heavy atom. The molecular formula is C18H21N5O3. The zero-order valence-electron chi connectivity index (χ0n) is 15.0. The molecule has 0 unspecified atom stereocenters. The van der Waals surface area contributed by atoms with Crippen LogP contribution in [0.25, 0.3) is 0 Å². The minimum Gasteiger partial charge on any atom is -0.444 e. The third-order valence-corrected chi connectivity index (χ3v) is 4.21. The highest BCUT2D eigenvalue weighted by Gasteiger charge is 2.34. The molecule has 26 heavy (non-hydrogen) atoms. The van der Waals surface area contributed by atoms with Crippen LogP contribution in [0.1, 0.15) is 38.1 Å². The summed E-state index contributed by atoms with van der Waals surface area (Å²) < 4.78 is 5.50. The van der Waals surface area contributed by atoms with E-state index in [-0.39, 0.29) is 18.4 Å². The minimum absolute atomic E-state index is 0.254. The summed E-state index contributed by atoms with van der Waals surface area (Å²) >= 11 is 0. The van der Waals surface area contributed by atoms with E-state index in [1.165, 1.54) is 4.90 Å². The summed E-state index contributed by atoms with van der Waals surface area (Å²) in [6, 6.07) is 6.85. The van der Waals surface area contributed by atoms with Gasteiger partial charge in [-0.15, -0.1) is 0 Å². The van der Waals surface area contributed by atoms with Crippen molar-refractivity contribution in [2.45, 2.75) is 20.4 Å². The van der Waals surface area contributed by atoms with Gasteiger partial charge in [-0.2, -0.15) is 0 Å². The monoisotopic (exact) mass is 355 g/mol. The van der Waals surface area contributed by atoms with Crippen LogP contribution in [-0.2, 0) is 6.54 Å². The van der Waals surface area contributed by atoms with Gasteiger partial charge < -0.3 is 15.1 Å². The fourth-order valence-electron chi connectivity index (χ4n) is 2.72. The van der Waals surface area contributed by atoms with E-state index < -0.39 is 0 Å². The molecule has 0 saturated heterocycles. The van der Waals surface area contributed by atoms with Crippen molar-refractivity contribution in [2.75, 3.05) is 20.1 Å². The van der Waals surface area contributed by atoms with E-state index in [4.69, 9.17) is 4.42 Å². The maximum absolute atomic E-state index is 12.3. The Balaban J connectivity index is 1.51. The number of carbonyl (C=O) groups is 2. The lowest BCUT2D eigenvalue weighted by atomic mass is 10.1. The Morgan fingerprint density at radius 3 is 2.35 bits per heavy atom. The van der Waals surface area contributed by atoms with Gasteiger partial charge in [-0.25, -0.2) is 4.98 Å². The molecule has 0 bridgehead atoms. The van der Waals surface area contributed by atoms with Crippen molar-refractivity contribution in [3.05, 3.63) is 52.7 Å². The third kappa shape index (κ3) is 3.44. The van der Waals surface area contributed by atoms with Crippen LogP contribution in [0.3, 0.4) is 0 Å². The first kappa shape index (κ1) is 17.7. The van der Waals surface area contributed by atoms with Crippen molar-refractivity contribution >= 4 is 17.8 Å². The van der Waals surface area contributed by atoms with Crippen LogP contribution in [0.4, 0.5) is 0 Å². The molecule has 0 spiro atoms. The molecule has 0 atom stereocenters. The van der Waals surface area contributed by atoms with Gasteiger partial charge in [-0.1, -0.05) is 12.1 Å². The van der Waals surface area contributed by atoms with Gasteiger partial charge in [0.05, 0.1) is 23.4 Å². The molecule has 3 rings (SSSR count). The Labute approximate surface area is 151 Å². The van der Waals surface area contributed by atoms with E-state index in [9.17, 15) is 9.59 Å². The number of nitrogens with zero attached hydrogens (tertiary/aromatic N) is 3. The minimum atomic E-state index is -0.263. The van der Waals surface area contributed by atoms with Gasteiger partial charge in [0.2, 0.25) is 5.89 Å². The summed E-state index contributed by atoms with van der Waals surface area (Å²) in [6.07, 6.45) is 0. The Kier molecular flexibility index (Phi) is 5.01. The maximum Gasteiger partial charge on any atom is 0.261 e. The number of hydrogen-bond donors (Lipinski definition) is 2. The van der Waals surface area contributed by atoms with E-state index in [1.807, 2.05) is 13.8 Å². The number of oxazole rings is 1. The number of benzene rings is 1. The first-order valence-electron chi connectivity index (χ1n) is 8.34. The van der Waals surface area contributed by atoms with Crippen molar-refractivity contribution in [3.8, 4) is 0 Å². The molecule has 0 radical (unpaired) electrons. The average molecular weight is 355 g/mol. The highest BCUT2D eigenvalue weighted by molar-refractivity contribution is 6.21. The van der Waals surface area contributed by atoms with Gasteiger partial charge in [0.1, 0.15) is 5.76 Å². The second-order valence-corrected chi connectivity index (χ2v) is 5.91. The lowest BCUT2D eigenvalue weighted by Gasteiger charge is -2.16. The Morgan fingerprint density at radius 1 is 1.15 bits per heavy atom. The topological polar surface area (TPSA) is 99.8 Å². The summed E-state index contributed by atoms with van der Waals surface area (Å²) in [5, 5.41) is 6.16. The predicted molar refractivity (Wildman–Crippen MR) is 96.0 cm³/mol. The molecule has 0 saturated carbocycles. The molecule has 0 fully saturated rings. The van der Waals surface area contributed by atoms with Gasteiger partial charge in [-0.05, 0) is 26.0 Å². The fourth-order valence-corrected chi connectivity index (χ4v) is 2.72. The van der Waals surface area contributed by atoms with E-state index >= 15 is 0 Å². The lowest BCUT2D eigenvalue weighted by molar-refractivity contribution is 0.0657. The number of hydrogen-bond acceptors (Lipinski definition) is 5. The number of rotatable bonds is 5. The zero-order valence-corrected chi connectivity index (χ0v) is 15.0. The highest BCUT2D eigenvalue weighted by atomic mass is 16.4. The smallest absolute Gasteiger partial charge is 0.261 e. The molecule has 0 aliphatic carbocycles. The van der Waals surface area contributed by atoms with Crippen LogP contribution in [0, 0.1) is 13.8 Å². The van der Waals surface area contributed by atoms with Gasteiger partial charge >= 0.3 is 0 Å². The van der Waals surface area contributed by atoms with E-state index in [2.05, 4.69) is 20.6 Å². The molecule has 1 aliphatic heterocycles. The van der Waals surface area contributed by atoms with Gasteiger partial charge in [0.15, 0.2) is 5.96 Å². The van der Waals surface area contributed by atoms with E-state index in [0.717, 1.165) is 11.5 Å². The second kappa shape index (κ2) is 7.38. The molecule has 2 heterocycles. The van der Waals surface area contributed by atoms with Crippen LogP contribution in [-0.4, -0.2) is 47.8 Å². The quantitative estimate of drug-likeness (QED) is 0.476. The molecule has 136 valence electrons. The SMILES string of the molecule is CN=C(NCCN1C(=O)c2ccccc2C1=O)NCc1nc(C)c(C)o1. The molecule has 1 aromatic heterocycles. The normalized spacial score (nSPS) is 14.0. The lowest BCUT2D eigenvalue weighted by Crippen LogP contribution is -2.42. The largest absolute Gasteiger partial charge is 0.444 e. The number of fused-ring (bicyclic) bond motifs is 1. The average Bonchev–Trinajstić information content (AvgIpc) is 3.09. The highest BCUT2D eigenvalue weighted by Crippen LogP contribution is 2.21. The van der Waals surface area contributed by atoms with Crippen molar-refractivity contribution in [2.24, 2.45) is 4.99 Å². The summed E-state index contributed by atoms with van der Waals surface area (Å²) in [5.41, 5.74) is 1.76. The summed E-state index contributed by atoms with van der Waals surface area (Å²) in [6.45, 7) is 4.78. The van der Waals surface area contributed by atoms with E-state index in [0.29, 0.717) is 36.1 Å². The molecular weight excluding hydrogens is 334 g/mol. The number of guanidine groups is 1. The van der Waals surface area contributed by atoms with Crippen LogP contribution < -0.4 is 10.6 Å². The van der Waals surface area contributed by atoms with Crippen molar-refractivity contribution in [1.82, 2.24) is 20.5 Å². The van der Waals surface area contributed by atoms with Crippen LogP contribution >= 0.6 is 0 Å². The van der Waals surface area contributed by atoms with Crippen LogP contribution in [0.2, 0.25) is 0 Å². The summed E-state index contributed by atoms with van der Waals surface area (Å²) in [7, 11) is 1.64. The molecule has 2 aromatic rings. The van der Waals surface area contributed by atoms with Crippen molar-refractivity contribution in [1.29, 1.82) is 0 Å². The Hall–Kier alpha value is -3.16. The number of amides is 2. The molecule has 1 aromatic carbocycles. The predicted octanol–water partition coefficient (Wildman–Crippen LogP) is 1.25.